The number of hydrogen-bond donors (Lipinski definition) is 0. The molecule has 0 saturated heterocycles. The van der Waals surface area contributed by atoms with Crippen LogP contribution < -0.4 is 0 Å². The largest absolute Gasteiger partial charge is 0.264 e. The molecule has 0 aliphatic heterocycles. The van der Waals surface area contributed by atoms with Crippen LogP contribution in [0.4, 0.5) is 8.78 Å². The highest BCUT2D eigenvalue weighted by Crippen LogP contribution is 2.34. The SMILES string of the molecule is CC(C)c1cccc(C(C)C)c1C(F)F. The zero-order valence-corrected chi connectivity index (χ0v) is 9.72. The first-order valence-corrected chi connectivity index (χ1v) is 5.36. The fourth-order valence-electron chi connectivity index (χ4n) is 1.86. The second kappa shape index (κ2) is 4.73. The number of hydrogen-bond acceptors (Lipinski definition) is 0. The second-order valence-electron chi connectivity index (χ2n) is 4.46. The zero-order chi connectivity index (χ0) is 11.6. The standard InChI is InChI=1S/C13H18F2/c1-8(2)10-6-5-7-11(9(3)4)12(10)13(14)15/h5-9,13H,1-4H3. The molecule has 2 heteroatoms. The number of benzene rings is 1. The van der Waals surface area contributed by atoms with E-state index in [-0.39, 0.29) is 17.4 Å². The summed E-state index contributed by atoms with van der Waals surface area (Å²) < 4.78 is 26.0. The fourth-order valence-corrected chi connectivity index (χ4v) is 1.86. The van der Waals surface area contributed by atoms with Crippen molar-refractivity contribution in [3.05, 3.63) is 34.9 Å². The molecule has 1 aromatic rings. The molecule has 0 aromatic heterocycles. The first-order chi connectivity index (χ1) is 6.95. The van der Waals surface area contributed by atoms with Crippen molar-refractivity contribution < 1.29 is 8.78 Å². The van der Waals surface area contributed by atoms with Crippen molar-refractivity contribution in [3.63, 3.8) is 0 Å². The Morgan fingerprint density at radius 3 is 1.53 bits per heavy atom. The summed E-state index contributed by atoms with van der Waals surface area (Å²) in [7, 11) is 0. The molecule has 1 rings (SSSR count). The maximum absolute atomic E-state index is 13.0. The molecule has 84 valence electrons. The molecule has 0 aliphatic carbocycles. The summed E-state index contributed by atoms with van der Waals surface area (Å²) in [5, 5.41) is 0. The monoisotopic (exact) mass is 212 g/mol. The van der Waals surface area contributed by atoms with Crippen molar-refractivity contribution >= 4 is 0 Å². The zero-order valence-electron chi connectivity index (χ0n) is 9.72. The predicted molar refractivity (Wildman–Crippen MR) is 59.6 cm³/mol. The molecule has 0 spiro atoms. The van der Waals surface area contributed by atoms with Gasteiger partial charge in [-0.05, 0) is 23.0 Å². The van der Waals surface area contributed by atoms with Crippen molar-refractivity contribution in [2.45, 2.75) is 46.0 Å². The quantitative estimate of drug-likeness (QED) is 0.670. The Morgan fingerprint density at radius 1 is 0.867 bits per heavy atom. The van der Waals surface area contributed by atoms with Crippen LogP contribution in [0, 0.1) is 0 Å². The third-order valence-corrected chi connectivity index (χ3v) is 2.64. The van der Waals surface area contributed by atoms with Gasteiger partial charge in [-0.25, -0.2) is 8.78 Å². The first-order valence-electron chi connectivity index (χ1n) is 5.36. The number of rotatable bonds is 3. The lowest BCUT2D eigenvalue weighted by molar-refractivity contribution is 0.148. The predicted octanol–water partition coefficient (Wildman–Crippen LogP) is 4.87. The van der Waals surface area contributed by atoms with E-state index in [1.807, 2.05) is 33.8 Å². The first kappa shape index (κ1) is 12.2. The Bertz CT molecular complexity index is 301. The fraction of sp³-hybridized carbons (Fsp3) is 0.538. The summed E-state index contributed by atoms with van der Waals surface area (Å²) in [6.07, 6.45) is -2.37. The lowest BCUT2D eigenvalue weighted by atomic mass is 9.89. The van der Waals surface area contributed by atoms with E-state index >= 15 is 0 Å². The highest BCUT2D eigenvalue weighted by molar-refractivity contribution is 5.39. The van der Waals surface area contributed by atoms with E-state index in [1.165, 1.54) is 0 Å². The third-order valence-electron chi connectivity index (χ3n) is 2.64. The minimum Gasteiger partial charge on any atom is -0.205 e. The summed E-state index contributed by atoms with van der Waals surface area (Å²) in [6, 6.07) is 5.48. The van der Waals surface area contributed by atoms with Gasteiger partial charge < -0.3 is 0 Å². The van der Waals surface area contributed by atoms with E-state index in [0.29, 0.717) is 0 Å². The van der Waals surface area contributed by atoms with Crippen molar-refractivity contribution in [2.24, 2.45) is 0 Å². The number of alkyl halides is 2. The van der Waals surface area contributed by atoms with Crippen molar-refractivity contribution in [1.29, 1.82) is 0 Å². The molecule has 1 aromatic carbocycles. The van der Waals surface area contributed by atoms with E-state index in [9.17, 15) is 8.78 Å². The van der Waals surface area contributed by atoms with Crippen LogP contribution in [0.2, 0.25) is 0 Å². The average molecular weight is 212 g/mol. The van der Waals surface area contributed by atoms with Gasteiger partial charge in [0.2, 0.25) is 0 Å². The van der Waals surface area contributed by atoms with Crippen molar-refractivity contribution in [1.82, 2.24) is 0 Å². The molecule has 0 fully saturated rings. The Balaban J connectivity index is 3.35. The summed E-state index contributed by atoms with van der Waals surface area (Å²) in [5.41, 5.74) is 1.79. The highest BCUT2D eigenvalue weighted by Gasteiger charge is 2.20. The van der Waals surface area contributed by atoms with E-state index in [1.54, 1.807) is 12.1 Å². The molecule has 0 bridgehead atoms. The van der Waals surface area contributed by atoms with E-state index in [2.05, 4.69) is 0 Å². The summed E-state index contributed by atoms with van der Waals surface area (Å²) >= 11 is 0. The van der Waals surface area contributed by atoms with Crippen molar-refractivity contribution in [2.75, 3.05) is 0 Å². The van der Waals surface area contributed by atoms with Crippen LogP contribution in [0.5, 0.6) is 0 Å². The molecular formula is C13H18F2. The molecule has 0 atom stereocenters. The van der Waals surface area contributed by atoms with Gasteiger partial charge in [-0.1, -0.05) is 45.9 Å². The molecule has 15 heavy (non-hydrogen) atoms. The van der Waals surface area contributed by atoms with Gasteiger partial charge in [0.05, 0.1) is 0 Å². The van der Waals surface area contributed by atoms with Crippen LogP contribution in [0.15, 0.2) is 18.2 Å². The minimum absolute atomic E-state index is 0.146. The molecule has 0 radical (unpaired) electrons. The van der Waals surface area contributed by atoms with Gasteiger partial charge in [0.15, 0.2) is 0 Å². The van der Waals surface area contributed by atoms with Gasteiger partial charge >= 0.3 is 0 Å². The van der Waals surface area contributed by atoms with E-state index < -0.39 is 6.43 Å². The molecule has 0 saturated carbocycles. The molecule has 0 amide bonds. The lowest BCUT2D eigenvalue weighted by Gasteiger charge is -2.18. The molecule has 0 unspecified atom stereocenters. The van der Waals surface area contributed by atoms with Crippen LogP contribution in [-0.4, -0.2) is 0 Å². The Morgan fingerprint density at radius 2 is 1.27 bits per heavy atom. The summed E-state index contributed by atoms with van der Waals surface area (Å²) in [6.45, 7) is 7.80. The average Bonchev–Trinajstić information content (AvgIpc) is 2.16. The maximum atomic E-state index is 13.0. The van der Waals surface area contributed by atoms with Crippen LogP contribution in [-0.2, 0) is 0 Å². The Hall–Kier alpha value is -0.920. The summed E-state index contributed by atoms with van der Waals surface area (Å²) in [5.74, 6) is 0.292. The van der Waals surface area contributed by atoms with E-state index in [4.69, 9.17) is 0 Å². The van der Waals surface area contributed by atoms with E-state index in [0.717, 1.165) is 11.1 Å². The van der Waals surface area contributed by atoms with Gasteiger partial charge in [0, 0.05) is 5.56 Å². The highest BCUT2D eigenvalue weighted by atomic mass is 19.3. The van der Waals surface area contributed by atoms with Crippen LogP contribution in [0.1, 0.15) is 62.6 Å². The molecular weight excluding hydrogens is 194 g/mol. The molecule has 0 nitrogen and oxygen atoms in total. The van der Waals surface area contributed by atoms with Crippen LogP contribution in [0.3, 0.4) is 0 Å². The number of halogens is 2. The molecule has 0 aliphatic rings. The molecule has 0 heterocycles. The summed E-state index contributed by atoms with van der Waals surface area (Å²) in [4.78, 5) is 0. The maximum Gasteiger partial charge on any atom is 0.264 e. The minimum atomic E-state index is -2.37. The van der Waals surface area contributed by atoms with Crippen LogP contribution in [0.25, 0.3) is 0 Å². The molecule has 0 N–H and O–H groups in total. The smallest absolute Gasteiger partial charge is 0.205 e. The van der Waals surface area contributed by atoms with Gasteiger partial charge in [-0.15, -0.1) is 0 Å². The van der Waals surface area contributed by atoms with Gasteiger partial charge in [0.1, 0.15) is 0 Å². The van der Waals surface area contributed by atoms with Crippen molar-refractivity contribution in [3.8, 4) is 0 Å². The van der Waals surface area contributed by atoms with Gasteiger partial charge in [0.25, 0.3) is 6.43 Å². The van der Waals surface area contributed by atoms with Gasteiger partial charge in [-0.2, -0.15) is 0 Å². The Labute approximate surface area is 90.3 Å². The lowest BCUT2D eigenvalue weighted by Crippen LogP contribution is -2.03. The second-order valence-corrected chi connectivity index (χ2v) is 4.46. The normalized spacial score (nSPS) is 11.8. The van der Waals surface area contributed by atoms with Crippen LogP contribution >= 0.6 is 0 Å². The topological polar surface area (TPSA) is 0 Å². The Kier molecular flexibility index (Phi) is 3.83. The third kappa shape index (κ3) is 2.55. The van der Waals surface area contributed by atoms with Gasteiger partial charge in [-0.3, -0.25) is 0 Å².